The third kappa shape index (κ3) is 23.9. The minimum absolute atomic E-state index is 0.0383. The van der Waals surface area contributed by atoms with Crippen molar-refractivity contribution in [3.63, 3.8) is 0 Å². The lowest BCUT2D eigenvalue weighted by molar-refractivity contribution is -0.150. The Morgan fingerprint density at radius 2 is 1.62 bits per heavy atom. The number of benzene rings is 2. The number of thioether (sulfide) groups is 1. The molecule has 504 valence electrons. The highest BCUT2D eigenvalue weighted by Gasteiger charge is 2.40. The van der Waals surface area contributed by atoms with Gasteiger partial charge in [-0.25, -0.2) is 4.98 Å². The average molecular weight is 1300 g/mol. The average Bonchev–Trinajstić information content (AvgIpc) is 1.84. The summed E-state index contributed by atoms with van der Waals surface area (Å²) in [6.45, 7) is 19.3. The van der Waals surface area contributed by atoms with E-state index in [9.17, 15) is 53.1 Å². The fraction of sp³-hybridized carbons (Fsp3) is 0.632. The van der Waals surface area contributed by atoms with Crippen LogP contribution in [0.25, 0.3) is 0 Å². The molecule has 2 heterocycles. The molecule has 21 nitrogen and oxygen atoms in total. The number of anilines is 1. The number of esters is 1. The Hall–Kier alpha value is -6.40. The SMILES string of the molecule is CCC(C)[C@H](CC(=O)C(C)(C)N(C)C)C(=O)N(C)[C@H](C[C@@H](OC(C)=O)c1nc(C(=O)N[C@@H](Cc2ccc(C)c(CCc3ccc(NC(=O)C(CCCCNC(=O)COCCOC)CC(=O)CCN4C(=O)CC(SC)C4=O)c(C)c3)c2)CC(C)C(=O)O)cs1)C(C)C. The Kier molecular flexibility index (Phi) is 31.6. The molecule has 0 spiro atoms. The number of hydrogen-bond acceptors (Lipinski definition) is 17. The number of carbonyl (C=O) groups is 10. The van der Waals surface area contributed by atoms with Crippen molar-refractivity contribution < 1.29 is 67.3 Å². The van der Waals surface area contributed by atoms with Gasteiger partial charge in [-0.1, -0.05) is 77.8 Å². The van der Waals surface area contributed by atoms with Gasteiger partial charge in [-0.3, -0.25) is 57.7 Å². The molecule has 1 fully saturated rings. The Morgan fingerprint density at radius 3 is 2.23 bits per heavy atom. The molecular formula is C68H101N7O14S2. The van der Waals surface area contributed by atoms with Gasteiger partial charge in [0.2, 0.25) is 29.5 Å². The van der Waals surface area contributed by atoms with Crippen LogP contribution in [-0.2, 0) is 76.6 Å². The molecule has 0 aliphatic carbocycles. The van der Waals surface area contributed by atoms with Crippen LogP contribution >= 0.6 is 23.1 Å². The van der Waals surface area contributed by atoms with Crippen LogP contribution in [0.4, 0.5) is 5.69 Å². The highest BCUT2D eigenvalue weighted by molar-refractivity contribution is 8.00. The minimum atomic E-state index is -1.01. The van der Waals surface area contributed by atoms with E-state index in [4.69, 9.17) is 14.2 Å². The van der Waals surface area contributed by atoms with Crippen molar-refractivity contribution in [2.75, 3.05) is 72.7 Å². The van der Waals surface area contributed by atoms with Gasteiger partial charge < -0.3 is 40.2 Å². The smallest absolute Gasteiger partial charge is 0.306 e. The minimum Gasteiger partial charge on any atom is -0.481 e. The van der Waals surface area contributed by atoms with Gasteiger partial charge in [0.1, 0.15) is 23.1 Å². The van der Waals surface area contributed by atoms with Crippen molar-refractivity contribution in [2.45, 2.75) is 182 Å². The molecule has 0 radical (unpaired) electrons. The number of carbonyl (C=O) groups excluding carboxylic acids is 9. The Balaban J connectivity index is 1.47. The van der Waals surface area contributed by atoms with E-state index in [2.05, 4.69) is 27.0 Å². The fourth-order valence-corrected chi connectivity index (χ4v) is 12.5. The summed E-state index contributed by atoms with van der Waals surface area (Å²) < 4.78 is 16.1. The summed E-state index contributed by atoms with van der Waals surface area (Å²) >= 11 is 2.45. The number of unbranched alkanes of at least 4 members (excludes halogenated alkanes) is 1. The number of amides is 6. The van der Waals surface area contributed by atoms with Crippen molar-refractivity contribution >= 4 is 87.7 Å². The van der Waals surface area contributed by atoms with Crippen LogP contribution in [-0.4, -0.2) is 174 Å². The zero-order chi connectivity index (χ0) is 67.9. The van der Waals surface area contributed by atoms with Gasteiger partial charge in [-0.2, -0.15) is 11.8 Å². The van der Waals surface area contributed by atoms with Gasteiger partial charge in [0.25, 0.3) is 5.91 Å². The molecular weight excluding hydrogens is 1200 g/mol. The number of nitrogens with one attached hydrogen (secondary N) is 3. The summed E-state index contributed by atoms with van der Waals surface area (Å²) in [5.41, 5.74) is 4.68. The molecule has 4 unspecified atom stereocenters. The Bertz CT molecular complexity index is 2980. The molecule has 6 amide bonds. The van der Waals surface area contributed by atoms with E-state index in [1.807, 2.05) is 105 Å². The second kappa shape index (κ2) is 37.3. The third-order valence-corrected chi connectivity index (χ3v) is 19.6. The lowest BCUT2D eigenvalue weighted by Gasteiger charge is -2.38. The number of rotatable bonds is 41. The van der Waals surface area contributed by atoms with Crippen LogP contribution in [0, 0.1) is 43.4 Å². The number of thiazole rings is 1. The van der Waals surface area contributed by atoms with E-state index in [-0.39, 0.29) is 117 Å². The van der Waals surface area contributed by atoms with E-state index in [1.54, 1.807) is 37.6 Å². The number of carboxylic acid groups (broad SMARTS) is 1. The predicted molar refractivity (Wildman–Crippen MR) is 354 cm³/mol. The monoisotopic (exact) mass is 1300 g/mol. The third-order valence-electron chi connectivity index (χ3n) is 17.7. The number of aromatic nitrogens is 1. The topological polar surface area (TPSA) is 277 Å². The second-order valence-corrected chi connectivity index (χ2v) is 27.3. The molecule has 1 saturated heterocycles. The largest absolute Gasteiger partial charge is 0.481 e. The first-order valence-electron chi connectivity index (χ1n) is 31.8. The van der Waals surface area contributed by atoms with E-state index in [0.717, 1.165) is 44.1 Å². The molecule has 2 aromatic carbocycles. The molecule has 23 heteroatoms. The molecule has 4 rings (SSSR count). The zero-order valence-corrected chi connectivity index (χ0v) is 58.0. The number of imide groups is 1. The fourth-order valence-electron chi connectivity index (χ4n) is 11.0. The molecule has 91 heavy (non-hydrogen) atoms. The number of nitrogens with zero attached hydrogens (tertiary/aromatic N) is 4. The van der Waals surface area contributed by atoms with Crippen LogP contribution in [0.1, 0.15) is 169 Å². The van der Waals surface area contributed by atoms with Crippen LogP contribution < -0.4 is 16.0 Å². The normalized spacial score (nSPS) is 15.8. The van der Waals surface area contributed by atoms with E-state index >= 15 is 0 Å². The number of likely N-dealkylation sites (N-methyl/N-ethyl adjacent to an activating group) is 1. The number of methoxy groups -OCH3 is 1. The number of ketones is 2. The predicted octanol–water partition coefficient (Wildman–Crippen LogP) is 8.78. The van der Waals surface area contributed by atoms with Crippen molar-refractivity contribution in [2.24, 2.45) is 29.6 Å². The quantitative estimate of drug-likeness (QED) is 0.0235. The number of ether oxygens (including phenoxy) is 3. The van der Waals surface area contributed by atoms with Crippen LogP contribution in [0.2, 0.25) is 0 Å². The van der Waals surface area contributed by atoms with Gasteiger partial charge in [0.15, 0.2) is 11.9 Å². The Labute approximate surface area is 547 Å². The van der Waals surface area contributed by atoms with Crippen molar-refractivity contribution in [3.8, 4) is 0 Å². The standard InChI is InChI=1S/C68H101N7O14S2/c1-16-42(4)53(36-59(78)68(9,10)73(11)12)65(83)74(13)56(41(2)3)37-57(89-46(8)76)64-72-55(40-91-64)63(82)70-51(32-45(7)67(85)86)34-48-21-20-43(5)49(33-48)24-22-47-23-25-54(44(6)31-47)71-62(81)50(19-17-18-27-69-60(79)39-88-30-29-87-14)35-52(77)26-28-75-61(80)38-58(90-15)66(75)84/h20-21,23,25,31,33,40-42,45,50-51,53,56-58H,16-19,22,24,26-30,32,34-39H2,1-15H3,(H,69,79)(H,70,82)(H,71,81)(H,85,86)/t42?,45?,50?,51-,53+,56-,57-,58?/m1/s1. The number of aliphatic carboxylic acids is 1. The van der Waals surface area contributed by atoms with Gasteiger partial charge in [-0.05, 0) is 132 Å². The maximum atomic E-state index is 14.5. The number of carboxylic acids is 1. The Morgan fingerprint density at radius 1 is 0.912 bits per heavy atom. The lowest BCUT2D eigenvalue weighted by Crippen LogP contribution is -2.50. The van der Waals surface area contributed by atoms with Gasteiger partial charge in [-0.15, -0.1) is 11.3 Å². The number of likely N-dealkylation sites (tertiary alicyclic amines) is 1. The second-order valence-electron chi connectivity index (χ2n) is 25.4. The maximum absolute atomic E-state index is 14.5. The summed E-state index contributed by atoms with van der Waals surface area (Å²) in [5.74, 6) is -6.07. The summed E-state index contributed by atoms with van der Waals surface area (Å²) in [6, 6.07) is 10.8. The van der Waals surface area contributed by atoms with E-state index in [1.165, 1.54) is 18.7 Å². The molecule has 0 saturated carbocycles. The highest BCUT2D eigenvalue weighted by Crippen LogP contribution is 2.34. The number of aryl methyl sites for hydroxylation is 4. The summed E-state index contributed by atoms with van der Waals surface area (Å²) in [7, 11) is 6.94. The molecule has 3 aromatic rings. The first-order valence-corrected chi connectivity index (χ1v) is 33.9. The molecule has 0 bridgehead atoms. The molecule has 8 atom stereocenters. The van der Waals surface area contributed by atoms with Gasteiger partial charge in [0.05, 0.1) is 29.9 Å². The molecule has 1 aliphatic rings. The van der Waals surface area contributed by atoms with Gasteiger partial charge >= 0.3 is 11.9 Å². The molecule has 1 aliphatic heterocycles. The van der Waals surface area contributed by atoms with E-state index < -0.39 is 64.6 Å². The van der Waals surface area contributed by atoms with Crippen molar-refractivity contribution in [3.05, 3.63) is 80.3 Å². The van der Waals surface area contributed by atoms with E-state index in [0.29, 0.717) is 68.8 Å². The number of hydrogen-bond donors (Lipinski definition) is 4. The summed E-state index contributed by atoms with van der Waals surface area (Å²) in [6.07, 6.45) is 4.90. The van der Waals surface area contributed by atoms with Crippen molar-refractivity contribution in [1.82, 2.24) is 30.3 Å². The molecule has 1 aromatic heterocycles. The van der Waals surface area contributed by atoms with Crippen LogP contribution in [0.15, 0.2) is 41.8 Å². The summed E-state index contributed by atoms with van der Waals surface area (Å²) in [5, 5.41) is 20.4. The zero-order valence-electron chi connectivity index (χ0n) is 56.3. The number of Topliss-reactive ketones (excluding diaryl/α,β-unsaturated/α-hetero) is 2. The lowest BCUT2D eigenvalue weighted by atomic mass is 9.81. The van der Waals surface area contributed by atoms with Crippen LogP contribution in [0.3, 0.4) is 0 Å². The highest BCUT2D eigenvalue weighted by atomic mass is 32.2. The molecule has 4 N–H and O–H groups in total. The van der Waals surface area contributed by atoms with Crippen LogP contribution in [0.5, 0.6) is 0 Å². The summed E-state index contributed by atoms with van der Waals surface area (Å²) in [4.78, 5) is 141. The van der Waals surface area contributed by atoms with Crippen molar-refractivity contribution in [1.29, 1.82) is 0 Å². The maximum Gasteiger partial charge on any atom is 0.306 e. The first-order chi connectivity index (χ1) is 42.9. The first kappa shape index (κ1) is 77.1. The van der Waals surface area contributed by atoms with Gasteiger partial charge in [0, 0.05) is 101 Å².